The Bertz CT molecular complexity index is 425. The molecule has 1 aromatic heterocycles. The van der Waals surface area contributed by atoms with E-state index in [1.54, 1.807) is 0 Å². The molecule has 1 N–H and O–H groups in total. The first-order valence-corrected chi connectivity index (χ1v) is 8.86. The normalized spacial score (nSPS) is 18.6. The summed E-state index contributed by atoms with van der Waals surface area (Å²) in [6, 6.07) is 5.37. The lowest BCUT2D eigenvalue weighted by atomic mass is 10.0. The fourth-order valence-electron chi connectivity index (χ4n) is 2.77. The zero-order chi connectivity index (χ0) is 15.5. The van der Waals surface area contributed by atoms with Gasteiger partial charge in [-0.15, -0.1) is 11.3 Å². The monoisotopic (exact) mass is 309 g/mol. The molecular weight excluding hydrogens is 278 g/mol. The van der Waals surface area contributed by atoms with E-state index in [2.05, 4.69) is 62.1 Å². The highest BCUT2D eigenvalue weighted by Crippen LogP contribution is 2.22. The van der Waals surface area contributed by atoms with E-state index in [9.17, 15) is 0 Å². The maximum Gasteiger partial charge on any atom is 0.0328 e. The minimum Gasteiger partial charge on any atom is -0.307 e. The van der Waals surface area contributed by atoms with Crippen molar-refractivity contribution in [2.24, 2.45) is 0 Å². The lowest BCUT2D eigenvalue weighted by Crippen LogP contribution is -2.41. The second-order valence-electron chi connectivity index (χ2n) is 7.44. The highest BCUT2D eigenvalue weighted by Gasteiger charge is 2.20. The van der Waals surface area contributed by atoms with Crippen LogP contribution in [0.2, 0.25) is 0 Å². The molecule has 2 heterocycles. The SMILES string of the molecule is CN(C)C1CCN(Cc2ccc(CNC(C)(C)C)s2)CC1. The molecule has 120 valence electrons. The summed E-state index contributed by atoms with van der Waals surface area (Å²) in [6.45, 7) is 11.2. The van der Waals surface area contributed by atoms with Crippen LogP contribution in [0, 0.1) is 0 Å². The molecule has 0 unspecified atom stereocenters. The van der Waals surface area contributed by atoms with Gasteiger partial charge in [0.15, 0.2) is 0 Å². The number of nitrogens with zero attached hydrogens (tertiary/aromatic N) is 2. The molecule has 0 saturated carbocycles. The molecule has 0 amide bonds. The van der Waals surface area contributed by atoms with E-state index in [4.69, 9.17) is 0 Å². The van der Waals surface area contributed by atoms with Crippen molar-refractivity contribution >= 4 is 11.3 Å². The molecule has 0 aromatic carbocycles. The molecule has 21 heavy (non-hydrogen) atoms. The third-order valence-electron chi connectivity index (χ3n) is 4.18. The molecule has 0 atom stereocenters. The van der Waals surface area contributed by atoms with Crippen molar-refractivity contribution < 1.29 is 0 Å². The van der Waals surface area contributed by atoms with Crippen molar-refractivity contribution in [3.05, 3.63) is 21.9 Å². The van der Waals surface area contributed by atoms with Crippen molar-refractivity contribution in [3.63, 3.8) is 0 Å². The van der Waals surface area contributed by atoms with Crippen LogP contribution in [-0.2, 0) is 13.1 Å². The van der Waals surface area contributed by atoms with Crippen LogP contribution < -0.4 is 5.32 Å². The Labute approximate surface area is 134 Å². The standard InChI is InChI=1S/C17H31N3S/c1-17(2,3)18-12-15-6-7-16(21-15)13-20-10-8-14(9-11-20)19(4)5/h6-7,14,18H,8-13H2,1-5H3. The summed E-state index contributed by atoms with van der Waals surface area (Å²) in [6.07, 6.45) is 2.60. The molecule has 1 saturated heterocycles. The fraction of sp³-hybridized carbons (Fsp3) is 0.765. The number of rotatable bonds is 5. The summed E-state index contributed by atoms with van der Waals surface area (Å²) >= 11 is 1.96. The summed E-state index contributed by atoms with van der Waals surface area (Å²) in [5.41, 5.74) is 0.193. The van der Waals surface area contributed by atoms with Crippen LogP contribution in [0.25, 0.3) is 0 Å². The smallest absolute Gasteiger partial charge is 0.0328 e. The zero-order valence-corrected chi connectivity index (χ0v) is 15.1. The first kappa shape index (κ1) is 16.9. The largest absolute Gasteiger partial charge is 0.307 e. The molecule has 2 rings (SSSR count). The van der Waals surface area contributed by atoms with Gasteiger partial charge in [0.1, 0.15) is 0 Å². The van der Waals surface area contributed by atoms with Crippen molar-refractivity contribution in [2.75, 3.05) is 27.2 Å². The third kappa shape index (κ3) is 5.70. The molecule has 4 heteroatoms. The average molecular weight is 310 g/mol. The van der Waals surface area contributed by atoms with Crippen LogP contribution in [0.15, 0.2) is 12.1 Å². The number of piperidine rings is 1. The lowest BCUT2D eigenvalue weighted by Gasteiger charge is -2.34. The second-order valence-corrected chi connectivity index (χ2v) is 8.70. The quantitative estimate of drug-likeness (QED) is 0.901. The van der Waals surface area contributed by atoms with Gasteiger partial charge in [-0.05, 0) is 59.8 Å². The molecule has 0 radical (unpaired) electrons. The first-order chi connectivity index (χ1) is 9.83. The average Bonchev–Trinajstić information content (AvgIpc) is 2.84. The van der Waals surface area contributed by atoms with Crippen LogP contribution >= 0.6 is 11.3 Å². The van der Waals surface area contributed by atoms with Crippen molar-refractivity contribution in [2.45, 2.75) is 58.3 Å². The summed E-state index contributed by atoms with van der Waals surface area (Å²) in [5, 5.41) is 3.56. The van der Waals surface area contributed by atoms with E-state index in [-0.39, 0.29) is 5.54 Å². The maximum atomic E-state index is 3.56. The van der Waals surface area contributed by atoms with Crippen molar-refractivity contribution in [1.29, 1.82) is 0 Å². The molecule has 0 bridgehead atoms. The van der Waals surface area contributed by atoms with Gasteiger partial charge in [0.05, 0.1) is 0 Å². The van der Waals surface area contributed by atoms with Gasteiger partial charge in [0.25, 0.3) is 0 Å². The van der Waals surface area contributed by atoms with Gasteiger partial charge in [0.2, 0.25) is 0 Å². The number of thiophene rings is 1. The Kier molecular flexibility index (Phi) is 5.83. The maximum absolute atomic E-state index is 3.56. The van der Waals surface area contributed by atoms with Gasteiger partial charge in [-0.25, -0.2) is 0 Å². The van der Waals surface area contributed by atoms with E-state index in [0.717, 1.165) is 19.1 Å². The van der Waals surface area contributed by atoms with E-state index in [1.165, 1.54) is 35.7 Å². The third-order valence-corrected chi connectivity index (χ3v) is 5.25. The van der Waals surface area contributed by atoms with E-state index >= 15 is 0 Å². The Morgan fingerprint density at radius 3 is 2.38 bits per heavy atom. The highest BCUT2D eigenvalue weighted by atomic mass is 32.1. The topological polar surface area (TPSA) is 18.5 Å². The van der Waals surface area contributed by atoms with Crippen LogP contribution in [0.3, 0.4) is 0 Å². The molecule has 1 aromatic rings. The molecule has 1 aliphatic rings. The second kappa shape index (κ2) is 7.23. The molecule has 1 aliphatic heterocycles. The van der Waals surface area contributed by atoms with Crippen molar-refractivity contribution in [3.8, 4) is 0 Å². The van der Waals surface area contributed by atoms with Gasteiger partial charge < -0.3 is 10.2 Å². The summed E-state index contributed by atoms with van der Waals surface area (Å²) in [7, 11) is 4.40. The molecular formula is C17H31N3S. The van der Waals surface area contributed by atoms with Crippen LogP contribution in [-0.4, -0.2) is 48.6 Å². The van der Waals surface area contributed by atoms with E-state index in [0.29, 0.717) is 0 Å². The Morgan fingerprint density at radius 2 is 1.81 bits per heavy atom. The van der Waals surface area contributed by atoms with Crippen LogP contribution in [0.5, 0.6) is 0 Å². The molecule has 1 fully saturated rings. The minimum absolute atomic E-state index is 0.193. The lowest BCUT2D eigenvalue weighted by molar-refractivity contribution is 0.141. The molecule has 0 aliphatic carbocycles. The summed E-state index contributed by atoms with van der Waals surface area (Å²) < 4.78 is 0. The fourth-order valence-corrected chi connectivity index (χ4v) is 3.77. The van der Waals surface area contributed by atoms with Crippen molar-refractivity contribution in [1.82, 2.24) is 15.1 Å². The van der Waals surface area contributed by atoms with Crippen LogP contribution in [0.1, 0.15) is 43.4 Å². The van der Waals surface area contributed by atoms with Gasteiger partial charge in [-0.1, -0.05) is 0 Å². The van der Waals surface area contributed by atoms with Gasteiger partial charge >= 0.3 is 0 Å². The van der Waals surface area contributed by atoms with E-state index < -0.39 is 0 Å². The highest BCUT2D eigenvalue weighted by molar-refractivity contribution is 7.11. The Morgan fingerprint density at radius 1 is 1.19 bits per heavy atom. The van der Waals surface area contributed by atoms with Gasteiger partial charge in [0, 0.05) is 47.5 Å². The summed E-state index contributed by atoms with van der Waals surface area (Å²) in [5.74, 6) is 0. The number of nitrogens with one attached hydrogen (secondary N) is 1. The first-order valence-electron chi connectivity index (χ1n) is 8.05. The number of hydrogen-bond acceptors (Lipinski definition) is 4. The summed E-state index contributed by atoms with van der Waals surface area (Å²) in [4.78, 5) is 7.93. The predicted octanol–water partition coefficient (Wildman–Crippen LogP) is 3.16. The molecule has 3 nitrogen and oxygen atoms in total. The van der Waals surface area contributed by atoms with E-state index in [1.807, 2.05) is 11.3 Å². The predicted molar refractivity (Wildman–Crippen MR) is 92.9 cm³/mol. The number of likely N-dealkylation sites (tertiary alicyclic amines) is 1. The Hall–Kier alpha value is -0.420. The van der Waals surface area contributed by atoms with Gasteiger partial charge in [-0.3, -0.25) is 4.90 Å². The van der Waals surface area contributed by atoms with Crippen LogP contribution in [0.4, 0.5) is 0 Å². The minimum atomic E-state index is 0.193. The van der Waals surface area contributed by atoms with Gasteiger partial charge in [-0.2, -0.15) is 0 Å². The Balaban J connectivity index is 1.78. The number of hydrogen-bond donors (Lipinski definition) is 1. The zero-order valence-electron chi connectivity index (χ0n) is 14.3. The molecule has 0 spiro atoms.